The molecule has 0 unspecified atom stereocenters. The summed E-state index contributed by atoms with van der Waals surface area (Å²) in [4.78, 5) is 21.8. The second-order valence-corrected chi connectivity index (χ2v) is 5.19. The van der Waals surface area contributed by atoms with Crippen LogP contribution in [0.5, 0.6) is 0 Å². The molecule has 5 nitrogen and oxygen atoms in total. The van der Waals surface area contributed by atoms with E-state index in [-0.39, 0.29) is 10.9 Å². The molecule has 0 radical (unpaired) electrons. The Morgan fingerprint density at radius 1 is 1.50 bits per heavy atom. The van der Waals surface area contributed by atoms with E-state index in [0.29, 0.717) is 11.4 Å². The predicted octanol–water partition coefficient (Wildman–Crippen LogP) is 2.60. The molecule has 0 atom stereocenters. The van der Waals surface area contributed by atoms with Crippen LogP contribution >= 0.6 is 33.9 Å². The fourth-order valence-electron chi connectivity index (χ4n) is 1.06. The first-order valence-electron chi connectivity index (χ1n) is 4.73. The Morgan fingerprint density at radius 2 is 2.25 bits per heavy atom. The molecule has 7 heteroatoms. The zero-order chi connectivity index (χ0) is 12.0. The first-order valence-corrected chi connectivity index (χ1v) is 7.07. The monoisotopic (exact) mass is 354 g/mol. The highest BCUT2D eigenvalue weighted by atomic mass is 127. The maximum absolute atomic E-state index is 11.5. The highest BCUT2D eigenvalue weighted by molar-refractivity contribution is 14.1. The average Bonchev–Trinajstić information content (AvgIpc) is 2.73. The van der Waals surface area contributed by atoms with Crippen LogP contribution in [0.25, 0.3) is 0 Å². The standard InChI is InChI=1S/C9H11IN2O3S/c10-5-1-2-6-11-9(13)7-3-4-8(16-7)12(14)15/h3-4H,1-2,5-6H2,(H,11,13). The smallest absolute Gasteiger partial charge is 0.324 e. The summed E-state index contributed by atoms with van der Waals surface area (Å²) in [6.07, 6.45) is 1.99. The fraction of sp³-hybridized carbons (Fsp3) is 0.444. The van der Waals surface area contributed by atoms with Crippen molar-refractivity contribution in [2.75, 3.05) is 11.0 Å². The number of nitrogens with one attached hydrogen (secondary N) is 1. The maximum Gasteiger partial charge on any atom is 0.324 e. The van der Waals surface area contributed by atoms with Crippen molar-refractivity contribution >= 4 is 44.8 Å². The Bertz CT molecular complexity index is 381. The van der Waals surface area contributed by atoms with Crippen molar-refractivity contribution in [2.45, 2.75) is 12.8 Å². The number of nitrogens with zero attached hydrogens (tertiary/aromatic N) is 1. The first kappa shape index (κ1) is 13.4. The molecule has 0 spiro atoms. The predicted molar refractivity (Wildman–Crippen MR) is 71.4 cm³/mol. The van der Waals surface area contributed by atoms with Gasteiger partial charge < -0.3 is 5.32 Å². The lowest BCUT2D eigenvalue weighted by Gasteiger charge is -2.01. The van der Waals surface area contributed by atoms with Crippen molar-refractivity contribution in [1.29, 1.82) is 0 Å². The topological polar surface area (TPSA) is 72.2 Å². The van der Waals surface area contributed by atoms with Crippen LogP contribution in [0.3, 0.4) is 0 Å². The summed E-state index contributed by atoms with van der Waals surface area (Å²) < 4.78 is 1.07. The summed E-state index contributed by atoms with van der Waals surface area (Å²) in [5.41, 5.74) is 0. The van der Waals surface area contributed by atoms with Crippen LogP contribution in [0.2, 0.25) is 0 Å². The number of rotatable bonds is 6. The lowest BCUT2D eigenvalue weighted by Crippen LogP contribution is -2.23. The van der Waals surface area contributed by atoms with Crippen molar-refractivity contribution in [3.8, 4) is 0 Å². The third-order valence-corrected chi connectivity index (χ3v) is 3.64. The van der Waals surface area contributed by atoms with Gasteiger partial charge >= 0.3 is 5.00 Å². The van der Waals surface area contributed by atoms with E-state index in [1.807, 2.05) is 0 Å². The molecule has 0 aliphatic carbocycles. The number of carbonyl (C=O) groups excluding carboxylic acids is 1. The number of amides is 1. The van der Waals surface area contributed by atoms with Gasteiger partial charge in [-0.25, -0.2) is 0 Å². The van der Waals surface area contributed by atoms with Gasteiger partial charge in [0.1, 0.15) is 0 Å². The SMILES string of the molecule is O=C(NCCCCI)c1ccc([N+](=O)[O-])s1. The summed E-state index contributed by atoms with van der Waals surface area (Å²) in [6, 6.07) is 2.83. The van der Waals surface area contributed by atoms with E-state index in [9.17, 15) is 14.9 Å². The van der Waals surface area contributed by atoms with Crippen LogP contribution in [-0.4, -0.2) is 21.8 Å². The lowest BCUT2D eigenvalue weighted by atomic mass is 10.3. The molecule has 1 aromatic rings. The van der Waals surface area contributed by atoms with Gasteiger partial charge in [-0.15, -0.1) is 0 Å². The highest BCUT2D eigenvalue weighted by Crippen LogP contribution is 2.23. The van der Waals surface area contributed by atoms with Crippen molar-refractivity contribution in [2.24, 2.45) is 0 Å². The second-order valence-electron chi connectivity index (χ2n) is 3.05. The van der Waals surface area contributed by atoms with E-state index in [0.717, 1.165) is 28.6 Å². The number of hydrogen-bond acceptors (Lipinski definition) is 4. The number of unbranched alkanes of at least 4 members (excludes halogenated alkanes) is 1. The summed E-state index contributed by atoms with van der Waals surface area (Å²) in [5.74, 6) is -0.230. The fourth-order valence-corrected chi connectivity index (χ4v) is 2.33. The van der Waals surface area contributed by atoms with Gasteiger partial charge in [-0.1, -0.05) is 33.9 Å². The molecule has 16 heavy (non-hydrogen) atoms. The van der Waals surface area contributed by atoms with Crippen LogP contribution in [0.1, 0.15) is 22.5 Å². The summed E-state index contributed by atoms with van der Waals surface area (Å²) >= 11 is 3.18. The number of carbonyl (C=O) groups is 1. The van der Waals surface area contributed by atoms with Gasteiger partial charge in [0.25, 0.3) is 5.91 Å². The molecule has 0 fully saturated rings. The minimum atomic E-state index is -0.489. The lowest BCUT2D eigenvalue weighted by molar-refractivity contribution is -0.380. The second kappa shape index (κ2) is 6.79. The largest absolute Gasteiger partial charge is 0.351 e. The van der Waals surface area contributed by atoms with E-state index >= 15 is 0 Å². The van der Waals surface area contributed by atoms with Crippen molar-refractivity contribution in [1.82, 2.24) is 5.32 Å². The molecule has 0 saturated carbocycles. The van der Waals surface area contributed by atoms with Crippen LogP contribution in [0, 0.1) is 10.1 Å². The number of alkyl halides is 1. The Hall–Kier alpha value is -0.700. The van der Waals surface area contributed by atoms with Crippen molar-refractivity contribution in [3.05, 3.63) is 27.1 Å². The van der Waals surface area contributed by atoms with E-state index in [2.05, 4.69) is 27.9 Å². The third-order valence-electron chi connectivity index (χ3n) is 1.84. The molecule has 1 aromatic heterocycles. The quantitative estimate of drug-likeness (QED) is 0.281. The molecule has 0 aliphatic rings. The Morgan fingerprint density at radius 3 is 2.81 bits per heavy atom. The minimum absolute atomic E-state index is 0.00240. The molecule has 1 rings (SSSR count). The zero-order valence-electron chi connectivity index (χ0n) is 8.44. The molecule has 0 bridgehead atoms. The minimum Gasteiger partial charge on any atom is -0.351 e. The first-order chi connectivity index (χ1) is 7.65. The van der Waals surface area contributed by atoms with E-state index in [1.165, 1.54) is 12.1 Å². The molecule has 88 valence electrons. The van der Waals surface area contributed by atoms with Gasteiger partial charge in [0.2, 0.25) is 0 Å². The Balaban J connectivity index is 2.43. The van der Waals surface area contributed by atoms with Crippen LogP contribution in [0.4, 0.5) is 5.00 Å². The zero-order valence-corrected chi connectivity index (χ0v) is 11.4. The van der Waals surface area contributed by atoms with Crippen LogP contribution in [0.15, 0.2) is 12.1 Å². The number of nitro groups is 1. The molecular formula is C9H11IN2O3S. The molecule has 1 N–H and O–H groups in total. The molecule has 0 aromatic carbocycles. The van der Waals surface area contributed by atoms with E-state index in [1.54, 1.807) is 0 Å². The number of thiophene rings is 1. The van der Waals surface area contributed by atoms with Gasteiger partial charge in [0, 0.05) is 12.6 Å². The Kier molecular flexibility index (Phi) is 5.67. The van der Waals surface area contributed by atoms with Crippen LogP contribution < -0.4 is 5.32 Å². The summed E-state index contributed by atoms with van der Waals surface area (Å²) in [7, 11) is 0. The van der Waals surface area contributed by atoms with Gasteiger partial charge in [0.05, 0.1) is 9.80 Å². The van der Waals surface area contributed by atoms with Crippen molar-refractivity contribution < 1.29 is 9.72 Å². The van der Waals surface area contributed by atoms with E-state index in [4.69, 9.17) is 0 Å². The number of hydrogen-bond donors (Lipinski definition) is 1. The highest BCUT2D eigenvalue weighted by Gasteiger charge is 2.14. The molecule has 0 saturated heterocycles. The van der Waals surface area contributed by atoms with Crippen LogP contribution in [-0.2, 0) is 0 Å². The Labute approximate surface area is 111 Å². The van der Waals surface area contributed by atoms with Gasteiger partial charge in [-0.3, -0.25) is 14.9 Å². The van der Waals surface area contributed by atoms with Gasteiger partial charge in [-0.05, 0) is 23.3 Å². The summed E-state index contributed by atoms with van der Waals surface area (Å²) in [5, 5.41) is 13.1. The van der Waals surface area contributed by atoms with Crippen molar-refractivity contribution in [3.63, 3.8) is 0 Å². The third kappa shape index (κ3) is 4.05. The molecule has 1 amide bonds. The summed E-state index contributed by atoms with van der Waals surface area (Å²) in [6.45, 7) is 0.619. The average molecular weight is 354 g/mol. The molecular weight excluding hydrogens is 343 g/mol. The molecule has 1 heterocycles. The van der Waals surface area contributed by atoms with Gasteiger partial charge in [0.15, 0.2) is 0 Å². The van der Waals surface area contributed by atoms with E-state index < -0.39 is 4.92 Å². The number of halogens is 1. The molecule has 0 aliphatic heterocycles. The maximum atomic E-state index is 11.5. The van der Waals surface area contributed by atoms with Gasteiger partial charge in [-0.2, -0.15) is 0 Å². The normalized spacial score (nSPS) is 10.1.